The molecule has 21 heavy (non-hydrogen) atoms. The van der Waals surface area contributed by atoms with Gasteiger partial charge in [0.1, 0.15) is 0 Å². The maximum Gasteiger partial charge on any atom is 0.191 e. The summed E-state index contributed by atoms with van der Waals surface area (Å²) in [6.45, 7) is 9.82. The van der Waals surface area contributed by atoms with Crippen LogP contribution in [0, 0.1) is 0 Å². The summed E-state index contributed by atoms with van der Waals surface area (Å²) in [5.74, 6) is 0.851. The topological polar surface area (TPSA) is 39.7 Å². The molecule has 2 N–H and O–H groups in total. The molecule has 4 nitrogen and oxygen atoms in total. The summed E-state index contributed by atoms with van der Waals surface area (Å²) in [5, 5.41) is 7.37. The van der Waals surface area contributed by atoms with Gasteiger partial charge in [-0.1, -0.05) is 23.7 Å². The minimum Gasteiger partial charge on any atom is -0.357 e. The first-order valence-corrected chi connectivity index (χ1v) is 7.87. The first kappa shape index (κ1) is 17.8. The molecule has 0 radical (unpaired) electrons. The van der Waals surface area contributed by atoms with E-state index in [1.807, 2.05) is 24.3 Å². The van der Waals surface area contributed by atoms with Gasteiger partial charge < -0.3 is 15.5 Å². The molecule has 0 amide bonds. The molecule has 5 heteroatoms. The molecule has 1 rings (SSSR count). The van der Waals surface area contributed by atoms with Gasteiger partial charge in [0.15, 0.2) is 5.96 Å². The predicted molar refractivity (Wildman–Crippen MR) is 92.0 cm³/mol. The molecule has 1 aromatic carbocycles. The van der Waals surface area contributed by atoms with Gasteiger partial charge in [-0.05, 0) is 45.5 Å². The molecule has 0 bridgehead atoms. The number of aliphatic imine (C=N–C) groups is 1. The summed E-state index contributed by atoms with van der Waals surface area (Å²) in [6, 6.07) is 8.35. The zero-order valence-electron chi connectivity index (χ0n) is 13.5. The molecular weight excluding hydrogens is 284 g/mol. The van der Waals surface area contributed by atoms with E-state index in [9.17, 15) is 0 Å². The van der Waals surface area contributed by atoms with Gasteiger partial charge in [-0.25, -0.2) is 4.99 Å². The highest BCUT2D eigenvalue weighted by Crippen LogP contribution is 2.10. The van der Waals surface area contributed by atoms with Crippen molar-refractivity contribution in [3.63, 3.8) is 0 Å². The lowest BCUT2D eigenvalue weighted by molar-refractivity contribution is 0.278. The van der Waals surface area contributed by atoms with Crippen LogP contribution in [0.25, 0.3) is 0 Å². The van der Waals surface area contributed by atoms with Crippen LogP contribution < -0.4 is 10.6 Å². The van der Waals surface area contributed by atoms with E-state index in [0.717, 1.165) is 36.2 Å². The third-order valence-corrected chi connectivity index (χ3v) is 3.57. The Bertz CT molecular complexity index is 428. The Morgan fingerprint density at radius 1 is 1.24 bits per heavy atom. The second-order valence-corrected chi connectivity index (χ2v) is 5.76. The molecule has 1 aromatic rings. The number of nitrogens with zero attached hydrogens (tertiary/aromatic N) is 2. The normalized spacial score (nSPS) is 12.0. The number of hydrogen-bond donors (Lipinski definition) is 2. The molecule has 0 atom stereocenters. The van der Waals surface area contributed by atoms with Crippen molar-refractivity contribution >= 4 is 17.6 Å². The minimum atomic E-state index is 0.556. The molecule has 0 saturated heterocycles. The Hall–Kier alpha value is -1.26. The maximum atomic E-state index is 5.88. The highest BCUT2D eigenvalue weighted by molar-refractivity contribution is 6.30. The van der Waals surface area contributed by atoms with E-state index in [2.05, 4.69) is 48.3 Å². The summed E-state index contributed by atoms with van der Waals surface area (Å²) in [7, 11) is 2.13. The van der Waals surface area contributed by atoms with Gasteiger partial charge in [0.05, 0.1) is 6.54 Å². The van der Waals surface area contributed by atoms with Crippen molar-refractivity contribution in [2.75, 3.05) is 26.7 Å². The van der Waals surface area contributed by atoms with E-state index in [-0.39, 0.29) is 0 Å². The lowest BCUT2D eigenvalue weighted by Gasteiger charge is -2.21. The van der Waals surface area contributed by atoms with Crippen LogP contribution in [0.2, 0.25) is 5.02 Å². The number of guanidine groups is 1. The quantitative estimate of drug-likeness (QED) is 0.601. The molecule has 0 aliphatic carbocycles. The Labute approximate surface area is 133 Å². The van der Waals surface area contributed by atoms with Crippen LogP contribution in [0.5, 0.6) is 0 Å². The zero-order chi connectivity index (χ0) is 15.7. The lowest BCUT2D eigenvalue weighted by Crippen LogP contribution is -2.42. The van der Waals surface area contributed by atoms with E-state index >= 15 is 0 Å². The number of benzene rings is 1. The molecule has 0 aliphatic heterocycles. The number of likely N-dealkylation sites (N-methyl/N-ethyl adjacent to an activating group) is 1. The molecule has 0 spiro atoms. The van der Waals surface area contributed by atoms with Crippen LogP contribution in [0.4, 0.5) is 0 Å². The van der Waals surface area contributed by atoms with Crippen molar-refractivity contribution in [2.24, 2.45) is 4.99 Å². The van der Waals surface area contributed by atoms with Gasteiger partial charge in [0.25, 0.3) is 0 Å². The van der Waals surface area contributed by atoms with E-state index in [0.29, 0.717) is 12.6 Å². The summed E-state index contributed by atoms with van der Waals surface area (Å²) in [5.41, 5.74) is 1.15. The van der Waals surface area contributed by atoms with Gasteiger partial charge in [0, 0.05) is 30.7 Å². The summed E-state index contributed by atoms with van der Waals surface area (Å²) < 4.78 is 0. The second kappa shape index (κ2) is 9.64. The standard InChI is InChI=1S/C16H27ClN4/c1-5-18-16(19-10-11-21(4)13(2)3)20-12-14-6-8-15(17)9-7-14/h6-9,13H,5,10-12H2,1-4H3,(H2,18,19,20). The maximum absolute atomic E-state index is 5.88. The molecule has 0 saturated carbocycles. The fraction of sp³-hybridized carbons (Fsp3) is 0.562. The third-order valence-electron chi connectivity index (χ3n) is 3.32. The highest BCUT2D eigenvalue weighted by atomic mass is 35.5. The predicted octanol–water partition coefficient (Wildman–Crippen LogP) is 2.74. The first-order chi connectivity index (χ1) is 10.0. The van der Waals surface area contributed by atoms with E-state index in [1.54, 1.807) is 0 Å². The van der Waals surface area contributed by atoms with Gasteiger partial charge >= 0.3 is 0 Å². The van der Waals surface area contributed by atoms with Crippen LogP contribution in [-0.4, -0.2) is 43.6 Å². The minimum absolute atomic E-state index is 0.556. The van der Waals surface area contributed by atoms with Crippen molar-refractivity contribution in [1.29, 1.82) is 0 Å². The Balaban J connectivity index is 2.47. The van der Waals surface area contributed by atoms with Crippen molar-refractivity contribution in [1.82, 2.24) is 15.5 Å². The largest absolute Gasteiger partial charge is 0.357 e. The van der Waals surface area contributed by atoms with Crippen LogP contribution in [0.15, 0.2) is 29.3 Å². The second-order valence-electron chi connectivity index (χ2n) is 5.32. The Morgan fingerprint density at radius 2 is 1.90 bits per heavy atom. The van der Waals surface area contributed by atoms with E-state index in [1.165, 1.54) is 0 Å². The highest BCUT2D eigenvalue weighted by Gasteiger charge is 2.03. The van der Waals surface area contributed by atoms with Crippen LogP contribution >= 0.6 is 11.6 Å². The fourth-order valence-corrected chi connectivity index (χ4v) is 1.84. The zero-order valence-corrected chi connectivity index (χ0v) is 14.2. The molecular formula is C16H27ClN4. The van der Waals surface area contributed by atoms with Crippen molar-refractivity contribution in [3.05, 3.63) is 34.9 Å². The Morgan fingerprint density at radius 3 is 2.48 bits per heavy atom. The number of nitrogens with one attached hydrogen (secondary N) is 2. The third kappa shape index (κ3) is 7.34. The van der Waals surface area contributed by atoms with Crippen molar-refractivity contribution < 1.29 is 0 Å². The number of hydrogen-bond acceptors (Lipinski definition) is 2. The molecule has 0 aliphatic rings. The Kier molecular flexibility index (Phi) is 8.16. The van der Waals surface area contributed by atoms with Gasteiger partial charge in [-0.2, -0.15) is 0 Å². The smallest absolute Gasteiger partial charge is 0.191 e. The number of rotatable bonds is 7. The van der Waals surface area contributed by atoms with E-state index in [4.69, 9.17) is 11.6 Å². The fourth-order valence-electron chi connectivity index (χ4n) is 1.71. The summed E-state index contributed by atoms with van der Waals surface area (Å²) in [6.07, 6.45) is 0. The monoisotopic (exact) mass is 310 g/mol. The molecule has 0 heterocycles. The molecule has 0 aromatic heterocycles. The number of halogens is 1. The SMILES string of the molecule is CCNC(=NCc1ccc(Cl)cc1)NCCN(C)C(C)C. The molecule has 0 fully saturated rings. The average molecular weight is 311 g/mol. The lowest BCUT2D eigenvalue weighted by atomic mass is 10.2. The molecule has 0 unspecified atom stereocenters. The van der Waals surface area contributed by atoms with E-state index < -0.39 is 0 Å². The van der Waals surface area contributed by atoms with Gasteiger partial charge in [-0.3, -0.25) is 0 Å². The van der Waals surface area contributed by atoms with Crippen LogP contribution in [0.3, 0.4) is 0 Å². The van der Waals surface area contributed by atoms with Gasteiger partial charge in [-0.15, -0.1) is 0 Å². The average Bonchev–Trinajstić information content (AvgIpc) is 2.46. The van der Waals surface area contributed by atoms with Gasteiger partial charge in [0.2, 0.25) is 0 Å². The van der Waals surface area contributed by atoms with Crippen LogP contribution in [0.1, 0.15) is 26.3 Å². The van der Waals surface area contributed by atoms with Crippen LogP contribution in [-0.2, 0) is 6.54 Å². The van der Waals surface area contributed by atoms with Crippen molar-refractivity contribution in [2.45, 2.75) is 33.4 Å². The molecule has 118 valence electrons. The van der Waals surface area contributed by atoms with Crippen molar-refractivity contribution in [3.8, 4) is 0 Å². The first-order valence-electron chi connectivity index (χ1n) is 7.49. The summed E-state index contributed by atoms with van der Waals surface area (Å²) >= 11 is 5.88. The summed E-state index contributed by atoms with van der Waals surface area (Å²) in [4.78, 5) is 6.89.